The second-order valence-electron chi connectivity index (χ2n) is 11.5. The molecule has 0 aliphatic heterocycles. The van der Waals surface area contributed by atoms with Gasteiger partial charge >= 0.3 is 0 Å². The molecule has 5 atom stereocenters. The molecule has 6 fully saturated rings. The van der Waals surface area contributed by atoms with Crippen molar-refractivity contribution in [1.82, 2.24) is 20.3 Å². The third kappa shape index (κ3) is 2.55. The van der Waals surface area contributed by atoms with Crippen LogP contribution in [0.4, 0.5) is 0 Å². The number of imidazole rings is 1. The van der Waals surface area contributed by atoms with Gasteiger partial charge in [-0.3, -0.25) is 4.79 Å². The van der Waals surface area contributed by atoms with Crippen molar-refractivity contribution in [3.63, 3.8) is 0 Å². The molecular weight excluding hydrogens is 374 g/mol. The molecule has 6 heteroatoms. The summed E-state index contributed by atoms with van der Waals surface area (Å²) < 4.78 is 0. The predicted octanol–water partition coefficient (Wildman–Crippen LogP) is 3.64. The summed E-state index contributed by atoms with van der Waals surface area (Å²) in [6.07, 6.45) is 13.7. The highest BCUT2D eigenvalue weighted by Gasteiger charge is 2.56. The van der Waals surface area contributed by atoms with Gasteiger partial charge in [0.1, 0.15) is 5.82 Å². The first-order chi connectivity index (χ1) is 14.5. The second kappa shape index (κ2) is 5.84. The topological polar surface area (TPSA) is 96.7 Å². The summed E-state index contributed by atoms with van der Waals surface area (Å²) in [6, 6.07) is 1.85. The van der Waals surface area contributed by atoms with Gasteiger partial charge in [-0.1, -0.05) is 6.42 Å². The predicted molar refractivity (Wildman–Crippen MR) is 114 cm³/mol. The molecule has 0 radical (unpaired) electrons. The van der Waals surface area contributed by atoms with Gasteiger partial charge in [0, 0.05) is 23.2 Å². The number of aromatic amines is 1. The molecule has 6 aliphatic rings. The van der Waals surface area contributed by atoms with Crippen LogP contribution in [0.2, 0.25) is 0 Å². The smallest absolute Gasteiger partial charge is 0.254 e. The lowest BCUT2D eigenvalue weighted by molar-refractivity contribution is -0.0320. The average molecular weight is 406 g/mol. The van der Waals surface area contributed by atoms with Crippen LogP contribution in [0.15, 0.2) is 12.3 Å². The highest BCUT2D eigenvalue weighted by Crippen LogP contribution is 2.56. The summed E-state index contributed by atoms with van der Waals surface area (Å²) in [4.78, 5) is 26.3. The fraction of sp³-hybridized carbons (Fsp3) is 0.708. The molecule has 2 heterocycles. The highest BCUT2D eigenvalue weighted by molar-refractivity contribution is 6.04. The van der Waals surface area contributed by atoms with E-state index in [1.807, 2.05) is 6.07 Å². The minimum atomic E-state index is -0.126. The van der Waals surface area contributed by atoms with Gasteiger partial charge in [-0.05, 0) is 87.5 Å². The van der Waals surface area contributed by atoms with Crippen molar-refractivity contribution in [1.29, 1.82) is 0 Å². The van der Waals surface area contributed by atoms with Crippen LogP contribution in [-0.2, 0) is 0 Å². The highest BCUT2D eigenvalue weighted by atomic mass is 16.1. The molecule has 5 unspecified atom stereocenters. The second-order valence-corrected chi connectivity index (χ2v) is 11.5. The first-order valence-corrected chi connectivity index (χ1v) is 11.9. The minimum absolute atomic E-state index is 0.0103. The fourth-order valence-corrected chi connectivity index (χ4v) is 8.66. The van der Waals surface area contributed by atoms with Gasteiger partial charge in [-0.25, -0.2) is 9.97 Å². The number of hydrogen-bond acceptors (Lipinski definition) is 4. The molecule has 0 aromatic carbocycles. The van der Waals surface area contributed by atoms with Crippen LogP contribution in [0.1, 0.15) is 86.3 Å². The van der Waals surface area contributed by atoms with Crippen molar-refractivity contribution in [3.8, 4) is 0 Å². The maximum atomic E-state index is 13.5. The number of aromatic nitrogens is 3. The minimum Gasteiger partial charge on any atom is -0.346 e. The molecule has 8 rings (SSSR count). The third-order valence-electron chi connectivity index (χ3n) is 9.23. The Balaban J connectivity index is 1.20. The van der Waals surface area contributed by atoms with Crippen LogP contribution < -0.4 is 11.1 Å². The lowest BCUT2D eigenvalue weighted by Crippen LogP contribution is -2.68. The largest absolute Gasteiger partial charge is 0.346 e. The summed E-state index contributed by atoms with van der Waals surface area (Å²) >= 11 is 0. The maximum Gasteiger partial charge on any atom is 0.254 e. The van der Waals surface area contributed by atoms with Gasteiger partial charge in [0.2, 0.25) is 0 Å². The van der Waals surface area contributed by atoms with E-state index in [-0.39, 0.29) is 17.0 Å². The van der Waals surface area contributed by atoms with Crippen LogP contribution in [0.3, 0.4) is 0 Å². The zero-order valence-electron chi connectivity index (χ0n) is 17.5. The van der Waals surface area contributed by atoms with Gasteiger partial charge in [-0.2, -0.15) is 0 Å². The molecule has 2 aromatic rings. The summed E-state index contributed by atoms with van der Waals surface area (Å²) in [5.41, 5.74) is 8.71. The van der Waals surface area contributed by atoms with E-state index in [1.54, 1.807) is 6.20 Å². The molecule has 0 spiro atoms. The number of carbonyl (C=O) groups is 1. The zero-order valence-corrected chi connectivity index (χ0v) is 17.5. The first kappa shape index (κ1) is 17.7. The van der Waals surface area contributed by atoms with Crippen molar-refractivity contribution in [2.75, 3.05) is 0 Å². The van der Waals surface area contributed by atoms with E-state index in [2.05, 4.69) is 15.3 Å². The van der Waals surface area contributed by atoms with E-state index in [0.29, 0.717) is 29.0 Å². The Kier molecular flexibility index (Phi) is 3.45. The van der Waals surface area contributed by atoms with Crippen LogP contribution in [0, 0.1) is 23.7 Å². The third-order valence-corrected chi connectivity index (χ3v) is 9.23. The Hall–Kier alpha value is -1.95. The molecule has 6 aliphatic carbocycles. The van der Waals surface area contributed by atoms with E-state index in [9.17, 15) is 4.79 Å². The standard InChI is InChI=1S/C24H31N5O/c25-23-8-14-5-15(9-23)11-24(10-14,12-23)29-22(30)17-3-4-26-21-19(17)27-20(28-21)18-7-13-1-2-16(18)6-13/h3-4,13-16,18H,1-2,5-12,25H2,(H,29,30)(H,26,27,28). The maximum absolute atomic E-state index is 13.5. The number of nitrogens with one attached hydrogen (secondary N) is 2. The molecular formula is C24H31N5O. The summed E-state index contributed by atoms with van der Waals surface area (Å²) in [7, 11) is 0. The number of nitrogens with zero attached hydrogens (tertiary/aromatic N) is 2. The van der Waals surface area contributed by atoms with E-state index in [1.165, 1.54) is 32.1 Å². The molecule has 6 nitrogen and oxygen atoms in total. The summed E-state index contributed by atoms with van der Waals surface area (Å²) in [5, 5.41) is 3.47. The van der Waals surface area contributed by atoms with Gasteiger partial charge in [-0.15, -0.1) is 0 Å². The summed E-state index contributed by atoms with van der Waals surface area (Å²) in [5.74, 6) is 4.52. The van der Waals surface area contributed by atoms with Crippen LogP contribution in [0.5, 0.6) is 0 Å². The van der Waals surface area contributed by atoms with Crippen molar-refractivity contribution < 1.29 is 4.79 Å². The van der Waals surface area contributed by atoms with Crippen LogP contribution in [-0.4, -0.2) is 31.9 Å². The van der Waals surface area contributed by atoms with Gasteiger partial charge in [0.15, 0.2) is 5.65 Å². The molecule has 0 saturated heterocycles. The quantitative estimate of drug-likeness (QED) is 0.726. The van der Waals surface area contributed by atoms with Gasteiger partial charge in [0.05, 0.1) is 11.1 Å². The lowest BCUT2D eigenvalue weighted by Gasteiger charge is -2.61. The molecule has 158 valence electrons. The Morgan fingerprint density at radius 3 is 2.63 bits per heavy atom. The number of nitrogens with two attached hydrogens (primary N) is 1. The van der Waals surface area contributed by atoms with Crippen molar-refractivity contribution in [3.05, 3.63) is 23.7 Å². The Morgan fingerprint density at radius 2 is 1.93 bits per heavy atom. The number of hydrogen-bond donors (Lipinski definition) is 3. The molecule has 1 amide bonds. The van der Waals surface area contributed by atoms with Crippen LogP contribution >= 0.6 is 0 Å². The van der Waals surface area contributed by atoms with E-state index < -0.39 is 0 Å². The van der Waals surface area contributed by atoms with E-state index >= 15 is 0 Å². The number of rotatable bonds is 3. The lowest BCUT2D eigenvalue weighted by atomic mass is 9.50. The summed E-state index contributed by atoms with van der Waals surface area (Å²) in [6.45, 7) is 0. The fourth-order valence-electron chi connectivity index (χ4n) is 8.66. The number of carbonyl (C=O) groups excluding carboxylic acids is 1. The number of amides is 1. The van der Waals surface area contributed by atoms with Crippen molar-refractivity contribution in [2.45, 2.75) is 81.2 Å². The van der Waals surface area contributed by atoms with Gasteiger partial charge in [0.25, 0.3) is 5.91 Å². The van der Waals surface area contributed by atoms with Crippen LogP contribution in [0.25, 0.3) is 11.2 Å². The van der Waals surface area contributed by atoms with Crippen molar-refractivity contribution >= 4 is 17.1 Å². The van der Waals surface area contributed by atoms with Gasteiger partial charge < -0.3 is 16.0 Å². The molecule has 30 heavy (non-hydrogen) atoms. The zero-order chi connectivity index (χ0) is 20.1. The van der Waals surface area contributed by atoms with E-state index in [0.717, 1.165) is 55.3 Å². The number of pyridine rings is 1. The Morgan fingerprint density at radius 1 is 1.10 bits per heavy atom. The number of fused-ring (bicyclic) bond motifs is 3. The van der Waals surface area contributed by atoms with Crippen molar-refractivity contribution in [2.24, 2.45) is 29.4 Å². The normalized spacial score (nSPS) is 43.6. The average Bonchev–Trinajstić information content (AvgIpc) is 3.40. The monoisotopic (exact) mass is 405 g/mol. The number of H-pyrrole nitrogens is 1. The Bertz CT molecular complexity index is 1030. The molecule has 6 saturated carbocycles. The molecule has 2 aromatic heterocycles. The first-order valence-electron chi connectivity index (χ1n) is 11.9. The molecule has 6 bridgehead atoms. The van der Waals surface area contributed by atoms with E-state index in [4.69, 9.17) is 10.7 Å². The Labute approximate surface area is 176 Å². The molecule has 4 N–H and O–H groups in total. The SMILES string of the molecule is NC12CC3CC(C1)CC(NC(=O)c1ccnc4nc(C5CC6CCC5C6)[nH]c14)(C3)C2.